The van der Waals surface area contributed by atoms with Gasteiger partial charge >= 0.3 is 12.0 Å². The number of carbonyl (C=O) groups excluding carboxylic acids is 3. The highest BCUT2D eigenvalue weighted by molar-refractivity contribution is 6.04. The number of hydrogen-bond donors (Lipinski definition) is 2. The summed E-state index contributed by atoms with van der Waals surface area (Å²) in [7, 11) is 0. The summed E-state index contributed by atoms with van der Waals surface area (Å²) in [6.45, 7) is 6.20. The molecule has 0 spiro atoms. The van der Waals surface area contributed by atoms with Gasteiger partial charge in [0.1, 0.15) is 0 Å². The van der Waals surface area contributed by atoms with Crippen molar-refractivity contribution in [3.05, 3.63) is 77.0 Å². The predicted molar refractivity (Wildman–Crippen MR) is 118 cm³/mol. The molecule has 31 heavy (non-hydrogen) atoms. The molecule has 1 aliphatic rings. The van der Waals surface area contributed by atoms with Crippen molar-refractivity contribution >= 4 is 23.6 Å². The number of allylic oxidation sites excluding steroid dienone is 1. The van der Waals surface area contributed by atoms with E-state index in [9.17, 15) is 14.4 Å². The third kappa shape index (κ3) is 4.94. The van der Waals surface area contributed by atoms with Gasteiger partial charge in [-0.25, -0.2) is 9.59 Å². The summed E-state index contributed by atoms with van der Waals surface area (Å²) in [6.07, 6.45) is 0.756. The van der Waals surface area contributed by atoms with Crippen molar-refractivity contribution in [1.29, 1.82) is 0 Å². The summed E-state index contributed by atoms with van der Waals surface area (Å²) in [6, 6.07) is 15.1. The molecular formula is C24H27N3O4. The minimum Gasteiger partial charge on any atom is -0.463 e. The molecule has 0 bridgehead atoms. The second kappa shape index (κ2) is 9.93. The van der Waals surface area contributed by atoms with Gasteiger partial charge in [0, 0.05) is 23.5 Å². The minimum absolute atomic E-state index is 0.233. The number of amides is 3. The van der Waals surface area contributed by atoms with Crippen molar-refractivity contribution in [3.8, 4) is 0 Å². The van der Waals surface area contributed by atoms with Crippen LogP contribution in [0, 0.1) is 0 Å². The van der Waals surface area contributed by atoms with E-state index in [1.165, 1.54) is 0 Å². The lowest BCUT2D eigenvalue weighted by Crippen LogP contribution is -2.48. The van der Waals surface area contributed by atoms with Gasteiger partial charge in [-0.15, -0.1) is 0 Å². The first-order valence-corrected chi connectivity index (χ1v) is 10.4. The first kappa shape index (κ1) is 22.1. The highest BCUT2D eigenvalue weighted by Gasteiger charge is 2.36. The lowest BCUT2D eigenvalue weighted by atomic mass is 9.94. The Morgan fingerprint density at radius 3 is 2.52 bits per heavy atom. The van der Waals surface area contributed by atoms with Gasteiger partial charge < -0.3 is 15.4 Å². The van der Waals surface area contributed by atoms with E-state index in [0.29, 0.717) is 34.6 Å². The maximum atomic E-state index is 12.8. The quantitative estimate of drug-likeness (QED) is 0.654. The van der Waals surface area contributed by atoms with E-state index in [0.717, 1.165) is 6.42 Å². The number of benzene rings is 2. The van der Waals surface area contributed by atoms with Crippen molar-refractivity contribution in [1.82, 2.24) is 10.2 Å². The molecule has 7 nitrogen and oxygen atoms in total. The number of anilines is 1. The fraction of sp³-hybridized carbons (Fsp3) is 0.292. The van der Waals surface area contributed by atoms with Crippen LogP contribution in [0.3, 0.4) is 0 Å². The van der Waals surface area contributed by atoms with Crippen LogP contribution in [0.1, 0.15) is 49.2 Å². The zero-order valence-corrected chi connectivity index (χ0v) is 18.0. The first-order chi connectivity index (χ1) is 15.0. The van der Waals surface area contributed by atoms with Gasteiger partial charge in [-0.1, -0.05) is 37.3 Å². The van der Waals surface area contributed by atoms with Crippen LogP contribution in [0.15, 0.2) is 65.9 Å². The second-order valence-corrected chi connectivity index (χ2v) is 7.20. The normalized spacial score (nSPS) is 16.0. The fourth-order valence-corrected chi connectivity index (χ4v) is 3.59. The van der Waals surface area contributed by atoms with Crippen molar-refractivity contribution in [2.45, 2.75) is 33.2 Å². The average molecular weight is 421 g/mol. The van der Waals surface area contributed by atoms with Gasteiger partial charge in [0.2, 0.25) is 0 Å². The van der Waals surface area contributed by atoms with Crippen molar-refractivity contribution in [2.24, 2.45) is 0 Å². The highest BCUT2D eigenvalue weighted by Crippen LogP contribution is 2.32. The van der Waals surface area contributed by atoms with Crippen LogP contribution >= 0.6 is 0 Å². The van der Waals surface area contributed by atoms with E-state index in [-0.39, 0.29) is 18.5 Å². The molecule has 0 saturated heterocycles. The summed E-state index contributed by atoms with van der Waals surface area (Å²) < 4.78 is 5.27. The Morgan fingerprint density at radius 2 is 1.84 bits per heavy atom. The molecule has 3 rings (SSSR count). The third-order valence-electron chi connectivity index (χ3n) is 5.05. The molecule has 7 heteroatoms. The molecule has 3 amide bonds. The summed E-state index contributed by atoms with van der Waals surface area (Å²) >= 11 is 0. The van der Waals surface area contributed by atoms with E-state index in [2.05, 4.69) is 10.6 Å². The number of ether oxygens (including phenoxy) is 1. The molecule has 1 unspecified atom stereocenters. The molecule has 0 saturated carbocycles. The summed E-state index contributed by atoms with van der Waals surface area (Å²) in [5, 5.41) is 5.78. The molecule has 1 heterocycles. The standard InChI is InChI=1S/C24H27N3O4/c1-4-14-27-16(3)20(23(29)31-5-2)21(26-24(27)30)18-12-9-13-19(15-18)25-22(28)17-10-7-6-8-11-17/h6-13,15,21H,4-5,14H2,1-3H3,(H,25,28)(H,26,30). The number of carbonyl (C=O) groups is 3. The summed E-state index contributed by atoms with van der Waals surface area (Å²) in [5.74, 6) is -0.707. The van der Waals surface area contributed by atoms with Crippen LogP contribution in [0.4, 0.5) is 10.5 Å². The number of urea groups is 1. The van der Waals surface area contributed by atoms with Gasteiger partial charge in [-0.05, 0) is 50.1 Å². The predicted octanol–water partition coefficient (Wildman–Crippen LogP) is 4.25. The zero-order chi connectivity index (χ0) is 22.4. The Labute approximate surface area is 182 Å². The fourth-order valence-electron chi connectivity index (χ4n) is 3.59. The number of esters is 1. The van der Waals surface area contributed by atoms with Crippen LogP contribution in [-0.4, -0.2) is 36.0 Å². The van der Waals surface area contributed by atoms with Crippen LogP contribution < -0.4 is 10.6 Å². The molecule has 0 aliphatic carbocycles. The van der Waals surface area contributed by atoms with Gasteiger partial charge in [-0.2, -0.15) is 0 Å². The second-order valence-electron chi connectivity index (χ2n) is 7.20. The maximum absolute atomic E-state index is 12.8. The average Bonchev–Trinajstić information content (AvgIpc) is 2.77. The van der Waals surface area contributed by atoms with Crippen LogP contribution in [0.5, 0.6) is 0 Å². The SMILES string of the molecule is CCCN1C(=O)NC(c2cccc(NC(=O)c3ccccc3)c2)C(C(=O)OCC)=C1C. The number of rotatable bonds is 7. The van der Waals surface area contributed by atoms with E-state index in [1.807, 2.05) is 19.1 Å². The Bertz CT molecular complexity index is 1000. The monoisotopic (exact) mass is 421 g/mol. The largest absolute Gasteiger partial charge is 0.463 e. The van der Waals surface area contributed by atoms with Crippen molar-refractivity contribution < 1.29 is 19.1 Å². The third-order valence-corrected chi connectivity index (χ3v) is 5.05. The molecule has 2 aromatic carbocycles. The topological polar surface area (TPSA) is 87.7 Å². The molecule has 2 N–H and O–H groups in total. The van der Waals surface area contributed by atoms with Gasteiger partial charge in [0.05, 0.1) is 18.2 Å². The number of nitrogens with one attached hydrogen (secondary N) is 2. The smallest absolute Gasteiger partial charge is 0.338 e. The van der Waals surface area contributed by atoms with E-state index >= 15 is 0 Å². The number of nitrogens with zero attached hydrogens (tertiary/aromatic N) is 1. The lowest BCUT2D eigenvalue weighted by molar-refractivity contribution is -0.139. The molecule has 2 aromatic rings. The Hall–Kier alpha value is -3.61. The van der Waals surface area contributed by atoms with Gasteiger partial charge in [0.15, 0.2) is 0 Å². The van der Waals surface area contributed by atoms with Crippen LogP contribution in [-0.2, 0) is 9.53 Å². The first-order valence-electron chi connectivity index (χ1n) is 10.4. The van der Waals surface area contributed by atoms with Crippen molar-refractivity contribution in [3.63, 3.8) is 0 Å². The molecule has 0 radical (unpaired) electrons. The minimum atomic E-state index is -0.673. The molecule has 1 aliphatic heterocycles. The van der Waals surface area contributed by atoms with E-state index in [4.69, 9.17) is 4.74 Å². The Kier molecular flexibility index (Phi) is 7.07. The van der Waals surface area contributed by atoms with Gasteiger partial charge in [0.25, 0.3) is 5.91 Å². The molecular weight excluding hydrogens is 394 g/mol. The van der Waals surface area contributed by atoms with Crippen LogP contribution in [0.25, 0.3) is 0 Å². The molecule has 0 aromatic heterocycles. The molecule has 1 atom stereocenters. The van der Waals surface area contributed by atoms with Gasteiger partial charge in [-0.3, -0.25) is 9.69 Å². The van der Waals surface area contributed by atoms with E-state index in [1.54, 1.807) is 61.2 Å². The molecule has 0 fully saturated rings. The van der Waals surface area contributed by atoms with Crippen LogP contribution in [0.2, 0.25) is 0 Å². The Balaban J connectivity index is 1.94. The summed E-state index contributed by atoms with van der Waals surface area (Å²) in [4.78, 5) is 39.5. The summed E-state index contributed by atoms with van der Waals surface area (Å²) in [5.41, 5.74) is 2.75. The lowest BCUT2D eigenvalue weighted by Gasteiger charge is -2.35. The van der Waals surface area contributed by atoms with E-state index < -0.39 is 12.0 Å². The number of hydrogen-bond acceptors (Lipinski definition) is 4. The molecule has 162 valence electrons. The zero-order valence-electron chi connectivity index (χ0n) is 18.0. The Morgan fingerprint density at radius 1 is 1.10 bits per heavy atom. The van der Waals surface area contributed by atoms with Crippen molar-refractivity contribution in [2.75, 3.05) is 18.5 Å². The maximum Gasteiger partial charge on any atom is 0.338 e. The highest BCUT2D eigenvalue weighted by atomic mass is 16.5.